The normalized spacial score (nSPS) is 24.4. The standard InChI is InChI=1S/C16H22N2O5S/c1-11-9-13(11)16(19)17-14-10-12(3-4-15(14)22-2)24(20,21)18-5-7-23-8-6-18/h3-4,10-11,13H,5-9H2,1-2H3,(H,17,19)/t11-,13+/m0/s1. The molecular formula is C16H22N2O5S. The van der Waals surface area contributed by atoms with Gasteiger partial charge < -0.3 is 14.8 Å². The number of morpholine rings is 1. The molecule has 8 heteroatoms. The van der Waals surface area contributed by atoms with E-state index in [0.717, 1.165) is 6.42 Å². The first-order valence-electron chi connectivity index (χ1n) is 8.00. The van der Waals surface area contributed by atoms with Gasteiger partial charge in [0.15, 0.2) is 0 Å². The second-order valence-electron chi connectivity index (χ2n) is 6.19. The number of hydrogen-bond donors (Lipinski definition) is 1. The largest absolute Gasteiger partial charge is 0.495 e. The summed E-state index contributed by atoms with van der Waals surface area (Å²) in [4.78, 5) is 12.3. The maximum atomic E-state index is 12.7. The number of sulfonamides is 1. The molecule has 1 heterocycles. The molecule has 0 spiro atoms. The summed E-state index contributed by atoms with van der Waals surface area (Å²) in [6.45, 7) is 3.45. The van der Waals surface area contributed by atoms with Crippen molar-refractivity contribution in [1.82, 2.24) is 4.31 Å². The fourth-order valence-electron chi connectivity index (χ4n) is 2.79. The van der Waals surface area contributed by atoms with Crippen LogP contribution >= 0.6 is 0 Å². The van der Waals surface area contributed by atoms with E-state index in [-0.39, 0.29) is 16.7 Å². The van der Waals surface area contributed by atoms with Crippen LogP contribution in [0.3, 0.4) is 0 Å². The number of carbonyl (C=O) groups excluding carboxylic acids is 1. The molecule has 0 unspecified atom stereocenters. The molecule has 1 aromatic rings. The third-order valence-corrected chi connectivity index (χ3v) is 6.38. The SMILES string of the molecule is COc1ccc(S(=O)(=O)N2CCOCC2)cc1NC(=O)[C@@H]1C[C@@H]1C. The van der Waals surface area contributed by atoms with E-state index in [1.165, 1.54) is 23.5 Å². The lowest BCUT2D eigenvalue weighted by molar-refractivity contribution is -0.117. The first-order chi connectivity index (χ1) is 11.4. The van der Waals surface area contributed by atoms with Gasteiger partial charge >= 0.3 is 0 Å². The number of benzene rings is 1. The van der Waals surface area contributed by atoms with E-state index in [0.29, 0.717) is 43.7 Å². The lowest BCUT2D eigenvalue weighted by Gasteiger charge is -2.26. The molecule has 1 saturated carbocycles. The number of methoxy groups -OCH3 is 1. The summed E-state index contributed by atoms with van der Waals surface area (Å²) in [7, 11) is -2.13. The van der Waals surface area contributed by atoms with E-state index in [9.17, 15) is 13.2 Å². The zero-order valence-electron chi connectivity index (χ0n) is 13.8. The maximum Gasteiger partial charge on any atom is 0.243 e. The molecule has 0 bridgehead atoms. The summed E-state index contributed by atoms with van der Waals surface area (Å²) in [6, 6.07) is 4.53. The molecule has 1 amide bonds. The molecule has 132 valence electrons. The summed E-state index contributed by atoms with van der Waals surface area (Å²) in [5, 5.41) is 2.80. The molecule has 24 heavy (non-hydrogen) atoms. The van der Waals surface area contributed by atoms with Gasteiger partial charge in [0.05, 0.1) is 30.9 Å². The van der Waals surface area contributed by atoms with E-state index in [2.05, 4.69) is 5.32 Å². The van der Waals surface area contributed by atoms with Crippen molar-refractivity contribution in [3.05, 3.63) is 18.2 Å². The Kier molecular flexibility index (Phi) is 4.80. The van der Waals surface area contributed by atoms with Crippen molar-refractivity contribution in [3.63, 3.8) is 0 Å². The molecule has 1 N–H and O–H groups in total. The van der Waals surface area contributed by atoms with Crippen LogP contribution in [0.2, 0.25) is 0 Å². The van der Waals surface area contributed by atoms with Crippen LogP contribution in [0.5, 0.6) is 5.75 Å². The molecule has 3 rings (SSSR count). The number of amides is 1. The Labute approximate surface area is 142 Å². The van der Waals surface area contributed by atoms with Crippen molar-refractivity contribution in [1.29, 1.82) is 0 Å². The van der Waals surface area contributed by atoms with E-state index in [4.69, 9.17) is 9.47 Å². The summed E-state index contributed by atoms with van der Waals surface area (Å²) < 4.78 is 37.3. The smallest absolute Gasteiger partial charge is 0.243 e. The van der Waals surface area contributed by atoms with Crippen LogP contribution in [0.25, 0.3) is 0 Å². The molecule has 1 aliphatic heterocycles. The predicted octanol–water partition coefficient (Wildman–Crippen LogP) is 1.31. The highest BCUT2D eigenvalue weighted by Crippen LogP contribution is 2.39. The van der Waals surface area contributed by atoms with Gasteiger partial charge in [-0.3, -0.25) is 4.79 Å². The number of ether oxygens (including phenoxy) is 2. The van der Waals surface area contributed by atoms with Crippen LogP contribution in [0.4, 0.5) is 5.69 Å². The van der Waals surface area contributed by atoms with Gasteiger partial charge in [-0.25, -0.2) is 8.42 Å². The van der Waals surface area contributed by atoms with Gasteiger partial charge in [-0.15, -0.1) is 0 Å². The van der Waals surface area contributed by atoms with Crippen molar-refractivity contribution in [3.8, 4) is 5.75 Å². The molecule has 1 saturated heterocycles. The third-order valence-electron chi connectivity index (χ3n) is 4.48. The Bertz CT molecular complexity index is 728. The monoisotopic (exact) mass is 354 g/mol. The van der Waals surface area contributed by atoms with Gasteiger partial charge in [0.2, 0.25) is 15.9 Å². The maximum absolute atomic E-state index is 12.7. The minimum absolute atomic E-state index is 0.00536. The summed E-state index contributed by atoms with van der Waals surface area (Å²) in [5.41, 5.74) is 0.385. The average molecular weight is 354 g/mol. The Morgan fingerprint density at radius 2 is 2.00 bits per heavy atom. The highest BCUT2D eigenvalue weighted by atomic mass is 32.2. The molecule has 1 aliphatic carbocycles. The highest BCUT2D eigenvalue weighted by Gasteiger charge is 2.39. The van der Waals surface area contributed by atoms with Crippen molar-refractivity contribution in [2.24, 2.45) is 11.8 Å². The fraction of sp³-hybridized carbons (Fsp3) is 0.562. The van der Waals surface area contributed by atoms with Gasteiger partial charge in [0.25, 0.3) is 0 Å². The van der Waals surface area contributed by atoms with Crippen LogP contribution < -0.4 is 10.1 Å². The number of anilines is 1. The molecule has 2 fully saturated rings. The van der Waals surface area contributed by atoms with Gasteiger partial charge in [-0.2, -0.15) is 4.31 Å². The lowest BCUT2D eigenvalue weighted by atomic mass is 10.2. The van der Waals surface area contributed by atoms with Crippen LogP contribution in [0.15, 0.2) is 23.1 Å². The van der Waals surface area contributed by atoms with E-state index in [1.807, 2.05) is 6.92 Å². The Morgan fingerprint density at radius 3 is 2.58 bits per heavy atom. The van der Waals surface area contributed by atoms with E-state index in [1.54, 1.807) is 6.07 Å². The zero-order chi connectivity index (χ0) is 17.3. The van der Waals surface area contributed by atoms with Crippen molar-refractivity contribution < 1.29 is 22.7 Å². The average Bonchev–Trinajstić information content (AvgIpc) is 3.32. The lowest BCUT2D eigenvalue weighted by Crippen LogP contribution is -2.40. The van der Waals surface area contributed by atoms with Gasteiger partial charge in [-0.1, -0.05) is 6.92 Å². The summed E-state index contributed by atoms with van der Waals surface area (Å²) in [6.07, 6.45) is 0.861. The van der Waals surface area contributed by atoms with Gasteiger partial charge in [0, 0.05) is 19.0 Å². The van der Waals surface area contributed by atoms with Crippen LogP contribution in [0.1, 0.15) is 13.3 Å². The first-order valence-corrected chi connectivity index (χ1v) is 9.44. The van der Waals surface area contributed by atoms with Crippen LogP contribution in [0, 0.1) is 11.8 Å². The topological polar surface area (TPSA) is 84.9 Å². The van der Waals surface area contributed by atoms with Crippen molar-refractivity contribution >= 4 is 21.6 Å². The summed E-state index contributed by atoms with van der Waals surface area (Å²) in [5.74, 6) is 0.713. The minimum atomic E-state index is -3.61. The van der Waals surface area contributed by atoms with Crippen LogP contribution in [-0.2, 0) is 19.6 Å². The first kappa shape index (κ1) is 17.2. The summed E-state index contributed by atoms with van der Waals surface area (Å²) >= 11 is 0. The van der Waals surface area contributed by atoms with Gasteiger partial charge in [0.1, 0.15) is 5.75 Å². The third kappa shape index (κ3) is 3.40. The molecule has 0 aromatic heterocycles. The zero-order valence-corrected chi connectivity index (χ0v) is 14.6. The van der Waals surface area contributed by atoms with Gasteiger partial charge in [-0.05, 0) is 30.5 Å². The number of nitrogens with zero attached hydrogens (tertiary/aromatic N) is 1. The number of rotatable bonds is 5. The second-order valence-corrected chi connectivity index (χ2v) is 8.13. The van der Waals surface area contributed by atoms with Crippen molar-refractivity contribution in [2.75, 3.05) is 38.7 Å². The molecule has 2 atom stereocenters. The quantitative estimate of drug-likeness (QED) is 0.862. The Morgan fingerprint density at radius 1 is 1.33 bits per heavy atom. The fourth-order valence-corrected chi connectivity index (χ4v) is 4.23. The predicted molar refractivity (Wildman–Crippen MR) is 88.5 cm³/mol. The number of hydrogen-bond acceptors (Lipinski definition) is 5. The van der Waals surface area contributed by atoms with Crippen LogP contribution in [-0.4, -0.2) is 52.0 Å². The minimum Gasteiger partial charge on any atom is -0.495 e. The molecule has 1 aromatic carbocycles. The highest BCUT2D eigenvalue weighted by molar-refractivity contribution is 7.89. The molecular weight excluding hydrogens is 332 g/mol. The van der Waals surface area contributed by atoms with E-state index >= 15 is 0 Å². The van der Waals surface area contributed by atoms with Crippen molar-refractivity contribution in [2.45, 2.75) is 18.2 Å². The Balaban J connectivity index is 1.86. The second kappa shape index (κ2) is 6.70. The molecule has 7 nitrogen and oxygen atoms in total. The van der Waals surface area contributed by atoms with E-state index < -0.39 is 10.0 Å². The molecule has 0 radical (unpaired) electrons. The Hall–Kier alpha value is -1.64. The molecule has 2 aliphatic rings. The number of nitrogens with one attached hydrogen (secondary N) is 1. The number of carbonyl (C=O) groups is 1.